The van der Waals surface area contributed by atoms with Crippen molar-refractivity contribution in [2.24, 2.45) is 0 Å². The zero-order valence-corrected chi connectivity index (χ0v) is 14.2. The van der Waals surface area contributed by atoms with Crippen LogP contribution in [0.3, 0.4) is 0 Å². The fourth-order valence-electron chi connectivity index (χ4n) is 2.10. The molecule has 0 saturated carbocycles. The van der Waals surface area contributed by atoms with Crippen LogP contribution in [-0.4, -0.2) is 35.7 Å². The van der Waals surface area contributed by atoms with Gasteiger partial charge < -0.3 is 9.47 Å². The first-order chi connectivity index (χ1) is 11.2. The Bertz CT molecular complexity index is 848. The van der Waals surface area contributed by atoms with E-state index in [4.69, 9.17) is 9.47 Å². The highest BCUT2D eigenvalue weighted by Gasteiger charge is 2.13. The van der Waals surface area contributed by atoms with Crippen molar-refractivity contribution in [3.63, 3.8) is 0 Å². The van der Waals surface area contributed by atoms with E-state index < -0.39 is 0 Å². The molecule has 0 aliphatic carbocycles. The topological polar surface area (TPSA) is 61.3 Å². The first-order valence-corrected chi connectivity index (χ1v) is 8.65. The molecule has 0 fully saturated rings. The average Bonchev–Trinajstić information content (AvgIpc) is 3.08. The molecule has 2 aromatic heterocycles. The van der Waals surface area contributed by atoms with Crippen molar-refractivity contribution in [1.29, 1.82) is 0 Å². The normalized spacial score (nSPS) is 10.7. The molecule has 0 radical (unpaired) electrons. The Morgan fingerprint density at radius 1 is 1.17 bits per heavy atom. The van der Waals surface area contributed by atoms with Gasteiger partial charge in [-0.2, -0.15) is 0 Å². The fraction of sp³-hybridized carbons (Fsp3) is 0.188. The summed E-state index contributed by atoms with van der Waals surface area (Å²) in [6.07, 6.45) is 1.53. The molecule has 3 rings (SSSR count). The summed E-state index contributed by atoms with van der Waals surface area (Å²) in [6.45, 7) is 0. The van der Waals surface area contributed by atoms with Crippen molar-refractivity contribution in [2.75, 3.05) is 20.0 Å². The maximum absolute atomic E-state index is 12.4. The summed E-state index contributed by atoms with van der Waals surface area (Å²) in [4.78, 5) is 20.9. The number of thiophene rings is 1. The number of carbonyl (C=O) groups is 1. The number of rotatable bonds is 6. The average molecular weight is 346 g/mol. The molecule has 2 heterocycles. The van der Waals surface area contributed by atoms with Gasteiger partial charge >= 0.3 is 0 Å². The summed E-state index contributed by atoms with van der Waals surface area (Å²) >= 11 is 3.00. The number of hydrogen-bond acceptors (Lipinski definition) is 7. The van der Waals surface area contributed by atoms with Crippen molar-refractivity contribution >= 4 is 39.1 Å². The Hall–Kier alpha value is -2.12. The second-order valence-electron chi connectivity index (χ2n) is 4.60. The SMILES string of the molecule is COc1ccc(C(=O)CSc2ncnc3ccsc23)cc1OC. The van der Waals surface area contributed by atoms with Gasteiger partial charge in [-0.05, 0) is 29.6 Å². The van der Waals surface area contributed by atoms with Gasteiger partial charge in [0.2, 0.25) is 0 Å². The maximum atomic E-state index is 12.4. The lowest BCUT2D eigenvalue weighted by atomic mass is 10.1. The maximum Gasteiger partial charge on any atom is 0.173 e. The smallest absolute Gasteiger partial charge is 0.173 e. The van der Waals surface area contributed by atoms with Crippen molar-refractivity contribution in [1.82, 2.24) is 9.97 Å². The number of nitrogens with zero attached hydrogens (tertiary/aromatic N) is 2. The van der Waals surface area contributed by atoms with Gasteiger partial charge in [-0.3, -0.25) is 4.79 Å². The van der Waals surface area contributed by atoms with Crippen LogP contribution in [-0.2, 0) is 0 Å². The van der Waals surface area contributed by atoms with E-state index in [2.05, 4.69) is 9.97 Å². The molecule has 0 unspecified atom stereocenters. The van der Waals surface area contributed by atoms with Crippen LogP contribution in [0.2, 0.25) is 0 Å². The third-order valence-corrected chi connectivity index (χ3v) is 5.29. The molecule has 0 bridgehead atoms. The molecule has 0 atom stereocenters. The van der Waals surface area contributed by atoms with E-state index in [0.717, 1.165) is 15.2 Å². The van der Waals surface area contributed by atoms with Gasteiger partial charge in [0.05, 0.1) is 30.2 Å². The standard InChI is InChI=1S/C16H14N2O3S2/c1-20-13-4-3-10(7-14(13)21-2)12(19)8-23-16-15-11(5-6-22-15)17-9-18-16/h3-7,9H,8H2,1-2H3. The molecular weight excluding hydrogens is 332 g/mol. The van der Waals surface area contributed by atoms with Crippen LogP contribution < -0.4 is 9.47 Å². The minimum absolute atomic E-state index is 0.0132. The lowest BCUT2D eigenvalue weighted by Crippen LogP contribution is -2.03. The number of ketones is 1. The molecule has 3 aromatic rings. The number of hydrogen-bond donors (Lipinski definition) is 0. The molecule has 0 amide bonds. The van der Waals surface area contributed by atoms with Crippen molar-refractivity contribution in [3.8, 4) is 11.5 Å². The zero-order valence-electron chi connectivity index (χ0n) is 12.6. The molecule has 5 nitrogen and oxygen atoms in total. The first kappa shape index (κ1) is 15.8. The summed E-state index contributed by atoms with van der Waals surface area (Å²) in [6, 6.07) is 7.12. The number of methoxy groups -OCH3 is 2. The molecule has 0 N–H and O–H groups in total. The van der Waals surface area contributed by atoms with Crippen LogP contribution in [0.4, 0.5) is 0 Å². The molecule has 7 heteroatoms. The third-order valence-electron chi connectivity index (χ3n) is 3.26. The summed E-state index contributed by atoms with van der Waals surface area (Å²) in [5.74, 6) is 1.47. The monoisotopic (exact) mass is 346 g/mol. The predicted octanol–water partition coefficient (Wildman–Crippen LogP) is 3.68. The fourth-order valence-corrected chi connectivity index (χ4v) is 3.94. The van der Waals surface area contributed by atoms with Gasteiger partial charge in [0.15, 0.2) is 17.3 Å². The molecule has 0 saturated heterocycles. The number of fused-ring (bicyclic) bond motifs is 1. The Morgan fingerprint density at radius 3 is 2.78 bits per heavy atom. The Kier molecular flexibility index (Phi) is 4.78. The van der Waals surface area contributed by atoms with Crippen LogP contribution in [0.15, 0.2) is 41.0 Å². The second kappa shape index (κ2) is 6.97. The van der Waals surface area contributed by atoms with Crippen molar-refractivity contribution in [2.45, 2.75) is 5.03 Å². The van der Waals surface area contributed by atoms with Crippen molar-refractivity contribution < 1.29 is 14.3 Å². The predicted molar refractivity (Wildman–Crippen MR) is 92.0 cm³/mol. The second-order valence-corrected chi connectivity index (χ2v) is 6.48. The van der Waals surface area contributed by atoms with Crippen LogP contribution in [0, 0.1) is 0 Å². The highest BCUT2D eigenvalue weighted by molar-refractivity contribution is 8.00. The Balaban J connectivity index is 1.76. The van der Waals surface area contributed by atoms with E-state index in [9.17, 15) is 4.79 Å². The number of aromatic nitrogens is 2. The molecule has 0 aliphatic rings. The molecule has 118 valence electrons. The Morgan fingerprint density at radius 2 is 2.00 bits per heavy atom. The van der Waals surface area contributed by atoms with E-state index >= 15 is 0 Å². The van der Waals surface area contributed by atoms with Crippen LogP contribution >= 0.6 is 23.1 Å². The van der Waals surface area contributed by atoms with E-state index in [1.807, 2.05) is 11.4 Å². The first-order valence-electron chi connectivity index (χ1n) is 6.79. The number of thioether (sulfide) groups is 1. The van der Waals surface area contributed by atoms with E-state index in [-0.39, 0.29) is 5.78 Å². The van der Waals surface area contributed by atoms with Gasteiger partial charge in [0, 0.05) is 5.56 Å². The lowest BCUT2D eigenvalue weighted by Gasteiger charge is -2.09. The summed E-state index contributed by atoms with van der Waals surface area (Å²) in [5.41, 5.74) is 1.50. The van der Waals surface area contributed by atoms with Crippen LogP contribution in [0.5, 0.6) is 11.5 Å². The van der Waals surface area contributed by atoms with Crippen LogP contribution in [0.25, 0.3) is 10.2 Å². The highest BCUT2D eigenvalue weighted by atomic mass is 32.2. The number of ether oxygens (including phenoxy) is 2. The van der Waals surface area contributed by atoms with Gasteiger partial charge in [-0.1, -0.05) is 11.8 Å². The summed E-state index contributed by atoms with van der Waals surface area (Å²) < 4.78 is 11.4. The number of Topliss-reactive ketones (excluding diaryl/α,β-unsaturated/α-hetero) is 1. The van der Waals surface area contributed by atoms with E-state index in [1.54, 1.807) is 43.8 Å². The molecule has 1 aromatic carbocycles. The summed E-state index contributed by atoms with van der Waals surface area (Å²) in [7, 11) is 3.12. The number of carbonyl (C=O) groups excluding carboxylic acids is 1. The van der Waals surface area contributed by atoms with Gasteiger partial charge in [-0.15, -0.1) is 11.3 Å². The minimum Gasteiger partial charge on any atom is -0.493 e. The Labute approximate surface area is 141 Å². The highest BCUT2D eigenvalue weighted by Crippen LogP contribution is 2.31. The molecule has 0 aliphatic heterocycles. The van der Waals surface area contributed by atoms with Gasteiger partial charge in [0.25, 0.3) is 0 Å². The van der Waals surface area contributed by atoms with E-state index in [1.165, 1.54) is 18.1 Å². The minimum atomic E-state index is 0.0132. The van der Waals surface area contributed by atoms with Crippen LogP contribution in [0.1, 0.15) is 10.4 Å². The lowest BCUT2D eigenvalue weighted by molar-refractivity contribution is 0.102. The molecular formula is C16H14N2O3S2. The largest absolute Gasteiger partial charge is 0.493 e. The molecule has 23 heavy (non-hydrogen) atoms. The molecule has 0 spiro atoms. The number of benzene rings is 1. The summed E-state index contributed by atoms with van der Waals surface area (Å²) in [5, 5.41) is 2.80. The van der Waals surface area contributed by atoms with Gasteiger partial charge in [0.1, 0.15) is 11.4 Å². The zero-order chi connectivity index (χ0) is 16.2. The van der Waals surface area contributed by atoms with E-state index in [0.29, 0.717) is 22.8 Å². The third kappa shape index (κ3) is 3.30. The quantitative estimate of drug-likeness (QED) is 0.385. The van der Waals surface area contributed by atoms with Crippen molar-refractivity contribution in [3.05, 3.63) is 41.5 Å². The van der Waals surface area contributed by atoms with Gasteiger partial charge in [-0.25, -0.2) is 9.97 Å².